The molecule has 236 valence electrons. The summed E-state index contributed by atoms with van der Waals surface area (Å²) in [5.74, 6) is 1.95. The van der Waals surface area contributed by atoms with Crippen molar-refractivity contribution in [2.75, 3.05) is 66.0 Å². The highest BCUT2D eigenvalue weighted by Crippen LogP contribution is 2.33. The Labute approximate surface area is 263 Å². The van der Waals surface area contributed by atoms with Crippen molar-refractivity contribution in [2.24, 2.45) is 10.2 Å². The summed E-state index contributed by atoms with van der Waals surface area (Å²) in [5, 5.41) is 8.80. The average molecular weight is 614 g/mol. The minimum Gasteiger partial charge on any atom is -0.492 e. The van der Waals surface area contributed by atoms with Gasteiger partial charge < -0.3 is 28.4 Å². The molecule has 3 heterocycles. The average Bonchev–Trinajstić information content (AvgIpc) is 3.08. The van der Waals surface area contributed by atoms with Gasteiger partial charge in [0.15, 0.2) is 11.5 Å². The second kappa shape index (κ2) is 18.4. The molecule has 2 aromatic heterocycles. The fourth-order valence-corrected chi connectivity index (χ4v) is 4.43. The molecule has 0 bridgehead atoms. The van der Waals surface area contributed by atoms with Crippen molar-refractivity contribution >= 4 is 11.4 Å². The highest BCUT2D eigenvalue weighted by molar-refractivity contribution is 5.52. The van der Waals surface area contributed by atoms with Crippen molar-refractivity contribution in [2.45, 2.75) is 13.1 Å². The molecular weight excluding hydrogens is 574 g/mol. The highest BCUT2D eigenvalue weighted by Gasteiger charge is 2.10. The van der Waals surface area contributed by atoms with E-state index in [1.165, 1.54) is 0 Å². The summed E-state index contributed by atoms with van der Waals surface area (Å²) in [6.07, 6.45) is 3.63. The smallest absolute Gasteiger partial charge is 0.163 e. The molecule has 0 saturated carbocycles. The van der Waals surface area contributed by atoms with Gasteiger partial charge in [-0.2, -0.15) is 10.2 Å². The molecule has 2 aromatic carbocycles. The number of rotatable bonds is 10. The Morgan fingerprint density at radius 2 is 1.16 bits per heavy atom. The van der Waals surface area contributed by atoms with Crippen LogP contribution in [0.4, 0.5) is 11.4 Å². The molecule has 0 spiro atoms. The van der Waals surface area contributed by atoms with Crippen LogP contribution in [0.1, 0.15) is 11.4 Å². The lowest BCUT2D eigenvalue weighted by Gasteiger charge is -2.21. The summed E-state index contributed by atoms with van der Waals surface area (Å²) in [4.78, 5) is 11.2. The van der Waals surface area contributed by atoms with Crippen molar-refractivity contribution < 1.29 is 28.4 Å². The van der Waals surface area contributed by atoms with Gasteiger partial charge in [-0.15, -0.1) is 0 Å². The zero-order valence-corrected chi connectivity index (χ0v) is 25.3. The van der Waals surface area contributed by atoms with Crippen molar-refractivity contribution in [3.05, 3.63) is 103 Å². The molecule has 11 heteroatoms. The molecule has 0 saturated heterocycles. The molecule has 0 fully saturated rings. The van der Waals surface area contributed by atoms with Gasteiger partial charge in [0, 0.05) is 38.1 Å². The number of pyridine rings is 2. The molecule has 11 nitrogen and oxygen atoms in total. The predicted octanol–water partition coefficient (Wildman–Crippen LogP) is 5.79. The van der Waals surface area contributed by atoms with Crippen LogP contribution < -0.4 is 14.2 Å². The van der Waals surface area contributed by atoms with Crippen LogP contribution in [-0.2, 0) is 27.3 Å². The summed E-state index contributed by atoms with van der Waals surface area (Å²) < 4.78 is 34.4. The zero-order chi connectivity index (χ0) is 30.8. The Bertz CT molecular complexity index is 1380. The Balaban J connectivity index is 1.14. The van der Waals surface area contributed by atoms with Crippen LogP contribution in [-0.4, -0.2) is 80.9 Å². The van der Waals surface area contributed by atoms with Crippen molar-refractivity contribution in [3.63, 3.8) is 0 Å². The van der Waals surface area contributed by atoms with Crippen molar-refractivity contribution in [1.82, 2.24) is 14.9 Å². The summed E-state index contributed by atoms with van der Waals surface area (Å²) in [5.41, 5.74) is 3.35. The fourth-order valence-electron chi connectivity index (χ4n) is 4.43. The number of fused-ring (bicyclic) bond motifs is 1. The molecule has 5 rings (SSSR count). The molecule has 0 amide bonds. The molecule has 0 aliphatic carbocycles. The van der Waals surface area contributed by atoms with Crippen LogP contribution in [0.25, 0.3) is 0 Å². The number of ether oxygens (including phenoxy) is 6. The number of hydrogen-bond donors (Lipinski definition) is 0. The Hall–Kier alpha value is -4.42. The van der Waals surface area contributed by atoms with Gasteiger partial charge in [-0.1, -0.05) is 12.1 Å². The van der Waals surface area contributed by atoms with Crippen molar-refractivity contribution in [1.29, 1.82) is 0 Å². The third-order valence-electron chi connectivity index (χ3n) is 6.66. The molecule has 0 N–H and O–H groups in total. The maximum Gasteiger partial charge on any atom is 0.163 e. The van der Waals surface area contributed by atoms with E-state index in [0.29, 0.717) is 102 Å². The van der Waals surface area contributed by atoms with E-state index in [9.17, 15) is 0 Å². The summed E-state index contributed by atoms with van der Waals surface area (Å²) in [7, 11) is 0. The van der Waals surface area contributed by atoms with Gasteiger partial charge in [-0.05, 0) is 60.7 Å². The van der Waals surface area contributed by atoms with Gasteiger partial charge in [0.05, 0.1) is 62.4 Å². The Kier molecular flexibility index (Phi) is 13.1. The molecule has 0 unspecified atom stereocenters. The zero-order valence-electron chi connectivity index (χ0n) is 25.3. The number of hydrogen-bond acceptors (Lipinski definition) is 11. The first-order chi connectivity index (χ1) is 22.3. The Morgan fingerprint density at radius 1 is 0.600 bits per heavy atom. The molecule has 45 heavy (non-hydrogen) atoms. The van der Waals surface area contributed by atoms with E-state index in [4.69, 9.17) is 28.4 Å². The van der Waals surface area contributed by atoms with Gasteiger partial charge in [-0.25, -0.2) is 0 Å². The number of azo groups is 1. The van der Waals surface area contributed by atoms with Crippen LogP contribution in [0.2, 0.25) is 0 Å². The maximum atomic E-state index is 6.06. The first-order valence-electron chi connectivity index (χ1n) is 15.1. The monoisotopic (exact) mass is 613 g/mol. The molecule has 1 aliphatic heterocycles. The lowest BCUT2D eigenvalue weighted by Crippen LogP contribution is -2.28. The lowest BCUT2D eigenvalue weighted by molar-refractivity contribution is 0.00708. The van der Waals surface area contributed by atoms with Gasteiger partial charge in [-0.3, -0.25) is 14.9 Å². The van der Waals surface area contributed by atoms with Gasteiger partial charge >= 0.3 is 0 Å². The number of benzene rings is 2. The molecule has 1 aliphatic rings. The first kappa shape index (κ1) is 32.0. The van der Waals surface area contributed by atoms with E-state index in [2.05, 4.69) is 25.1 Å². The predicted molar refractivity (Wildman–Crippen MR) is 169 cm³/mol. The maximum absolute atomic E-state index is 6.06. The molecule has 4 aromatic rings. The second-order valence-electron chi connectivity index (χ2n) is 10.1. The van der Waals surface area contributed by atoms with E-state index < -0.39 is 0 Å². The quantitative estimate of drug-likeness (QED) is 0.205. The SMILES string of the molecule is c1ccc(CN(CCOc2ccc(N=Nc3ccc4c(c3)OCCOCCOCCOCCO4)cc2)Cc2ccccn2)nc1. The van der Waals surface area contributed by atoms with Gasteiger partial charge in [0.1, 0.15) is 25.6 Å². The van der Waals surface area contributed by atoms with Crippen LogP contribution in [0, 0.1) is 0 Å². The normalized spacial score (nSPS) is 15.0. The summed E-state index contributed by atoms with van der Waals surface area (Å²) >= 11 is 0. The van der Waals surface area contributed by atoms with Crippen LogP contribution >= 0.6 is 0 Å². The fraction of sp³-hybridized carbons (Fsp3) is 0.353. The highest BCUT2D eigenvalue weighted by atomic mass is 16.6. The topological polar surface area (TPSA) is 109 Å². The standard InChI is InChI=1S/C34H39N5O6/c1-3-13-35-30(5-1)26-39(27-31-6-2-4-14-36-31)15-16-43-32-10-7-28(8-11-32)37-38-29-9-12-33-34(25-29)45-24-22-42-20-18-40-17-19-41-21-23-44-33/h1-14,25H,15-24,26-27H2. The largest absolute Gasteiger partial charge is 0.492 e. The van der Waals surface area contributed by atoms with E-state index >= 15 is 0 Å². The second-order valence-corrected chi connectivity index (χ2v) is 10.1. The van der Waals surface area contributed by atoms with Crippen LogP contribution in [0.15, 0.2) is 101 Å². The molecule has 0 atom stereocenters. The van der Waals surface area contributed by atoms with E-state index in [-0.39, 0.29) is 0 Å². The summed E-state index contributed by atoms with van der Waals surface area (Å²) in [6.45, 7) is 6.36. The Morgan fingerprint density at radius 3 is 1.76 bits per heavy atom. The third-order valence-corrected chi connectivity index (χ3v) is 6.66. The first-order valence-corrected chi connectivity index (χ1v) is 15.1. The van der Waals surface area contributed by atoms with Crippen molar-refractivity contribution in [3.8, 4) is 17.2 Å². The summed E-state index contributed by atoms with van der Waals surface area (Å²) in [6, 6.07) is 24.9. The van der Waals surface area contributed by atoms with E-state index in [1.807, 2.05) is 85.2 Å². The minimum absolute atomic E-state index is 0.374. The van der Waals surface area contributed by atoms with Gasteiger partial charge in [0.25, 0.3) is 0 Å². The number of nitrogens with zero attached hydrogens (tertiary/aromatic N) is 5. The van der Waals surface area contributed by atoms with E-state index in [0.717, 1.165) is 17.1 Å². The van der Waals surface area contributed by atoms with Gasteiger partial charge in [0.2, 0.25) is 0 Å². The van der Waals surface area contributed by atoms with Crippen LogP contribution in [0.3, 0.4) is 0 Å². The number of aromatic nitrogens is 2. The third kappa shape index (κ3) is 11.5. The van der Waals surface area contributed by atoms with E-state index in [1.54, 1.807) is 6.07 Å². The van der Waals surface area contributed by atoms with Crippen LogP contribution in [0.5, 0.6) is 17.2 Å². The molecule has 0 radical (unpaired) electrons. The lowest BCUT2D eigenvalue weighted by atomic mass is 10.3. The minimum atomic E-state index is 0.374. The molecular formula is C34H39N5O6.